The van der Waals surface area contributed by atoms with Crippen molar-refractivity contribution >= 4 is 6.21 Å². The van der Waals surface area contributed by atoms with Crippen molar-refractivity contribution in [2.24, 2.45) is 33.2 Å². The first-order chi connectivity index (χ1) is 15.6. The Kier molecular flexibility index (Phi) is 7.81. The molecule has 0 amide bonds. The number of nitrogens with zero attached hydrogens (tertiary/aromatic N) is 6. The van der Waals surface area contributed by atoms with Gasteiger partial charge in [-0.15, -0.1) is 0 Å². The first kappa shape index (κ1) is 23.2. The van der Waals surface area contributed by atoms with Crippen LogP contribution in [0.15, 0.2) is 27.8 Å². The fourth-order valence-corrected chi connectivity index (χ4v) is 5.21. The van der Waals surface area contributed by atoms with Crippen LogP contribution in [0.1, 0.15) is 76.8 Å². The van der Waals surface area contributed by atoms with Gasteiger partial charge in [0.05, 0.1) is 38.0 Å². The lowest BCUT2D eigenvalue weighted by Crippen LogP contribution is -2.38. The van der Waals surface area contributed by atoms with Crippen molar-refractivity contribution in [3.63, 3.8) is 0 Å². The van der Waals surface area contributed by atoms with E-state index < -0.39 is 0 Å². The van der Waals surface area contributed by atoms with E-state index in [0.29, 0.717) is 18.6 Å². The lowest BCUT2D eigenvalue weighted by molar-refractivity contribution is 0.116. The SMILES string of the molecule is COCCN1N=NCC1C(C)n1cc(C(CC/C=N\NC(C)C)C(C2CC2)C2CC2)cn1. The maximum absolute atomic E-state index is 5.24. The van der Waals surface area contributed by atoms with Crippen molar-refractivity contribution in [1.82, 2.24) is 20.2 Å². The number of nitrogens with one attached hydrogen (secondary N) is 1. The van der Waals surface area contributed by atoms with Gasteiger partial charge < -0.3 is 10.2 Å². The molecule has 8 heteroatoms. The van der Waals surface area contributed by atoms with E-state index in [9.17, 15) is 0 Å². The molecule has 2 aliphatic carbocycles. The Balaban J connectivity index is 1.45. The summed E-state index contributed by atoms with van der Waals surface area (Å²) in [6.07, 6.45) is 14.3. The van der Waals surface area contributed by atoms with E-state index in [1.807, 2.05) is 0 Å². The van der Waals surface area contributed by atoms with Gasteiger partial charge >= 0.3 is 0 Å². The minimum Gasteiger partial charge on any atom is -0.383 e. The van der Waals surface area contributed by atoms with Crippen LogP contribution in [0.5, 0.6) is 0 Å². The predicted molar refractivity (Wildman–Crippen MR) is 127 cm³/mol. The average molecular weight is 444 g/mol. The molecule has 1 aromatic heterocycles. The molecule has 2 heterocycles. The van der Waals surface area contributed by atoms with Crippen LogP contribution in [-0.2, 0) is 4.74 Å². The maximum Gasteiger partial charge on any atom is 0.0923 e. The number of hydrazone groups is 1. The number of hydrogen-bond donors (Lipinski definition) is 1. The van der Waals surface area contributed by atoms with Crippen molar-refractivity contribution < 1.29 is 4.74 Å². The van der Waals surface area contributed by atoms with Crippen LogP contribution in [0.4, 0.5) is 0 Å². The smallest absolute Gasteiger partial charge is 0.0923 e. The Morgan fingerprint density at radius 1 is 1.22 bits per heavy atom. The minimum absolute atomic E-state index is 0.216. The largest absolute Gasteiger partial charge is 0.383 e. The summed E-state index contributed by atoms with van der Waals surface area (Å²) < 4.78 is 7.39. The topological polar surface area (TPSA) is 79.4 Å². The highest BCUT2D eigenvalue weighted by Crippen LogP contribution is 2.55. The Hall–Kier alpha value is -1.96. The molecule has 0 bridgehead atoms. The first-order valence-corrected chi connectivity index (χ1v) is 12.5. The van der Waals surface area contributed by atoms with Crippen molar-refractivity contribution in [3.05, 3.63) is 18.0 Å². The first-order valence-electron chi connectivity index (χ1n) is 12.5. The van der Waals surface area contributed by atoms with E-state index in [-0.39, 0.29) is 12.1 Å². The van der Waals surface area contributed by atoms with Crippen LogP contribution < -0.4 is 5.43 Å². The van der Waals surface area contributed by atoms with E-state index in [0.717, 1.165) is 43.7 Å². The summed E-state index contributed by atoms with van der Waals surface area (Å²) in [5, 5.41) is 19.9. The van der Waals surface area contributed by atoms with Gasteiger partial charge in [-0.3, -0.25) is 9.69 Å². The standard InChI is InChI=1S/C24H41N7O/c1-17(2)28-25-11-5-6-22(24(19-7-8-19)20-9-10-20)21-14-27-31(16-21)18(3)23-15-26-29-30(23)12-13-32-4/h11,14,16-20,22-24,28H,5-10,12-13,15H2,1-4H3/b25-11-. The number of methoxy groups -OCH3 is 1. The zero-order valence-electron chi connectivity index (χ0n) is 20.2. The van der Waals surface area contributed by atoms with Gasteiger partial charge in [0.1, 0.15) is 0 Å². The van der Waals surface area contributed by atoms with Gasteiger partial charge in [0.2, 0.25) is 0 Å². The third-order valence-corrected chi connectivity index (χ3v) is 7.21. The van der Waals surface area contributed by atoms with E-state index in [4.69, 9.17) is 9.84 Å². The Bertz CT molecular complexity index is 756. The van der Waals surface area contributed by atoms with Gasteiger partial charge in [0.25, 0.3) is 0 Å². The molecule has 3 atom stereocenters. The molecule has 1 aromatic rings. The second kappa shape index (κ2) is 10.8. The minimum atomic E-state index is 0.216. The van der Waals surface area contributed by atoms with Crippen LogP contribution >= 0.6 is 0 Å². The van der Waals surface area contributed by atoms with Crippen LogP contribution in [0, 0.1) is 17.8 Å². The fraction of sp³-hybridized carbons (Fsp3) is 0.833. The van der Waals surface area contributed by atoms with Crippen molar-refractivity contribution in [3.8, 4) is 0 Å². The quantitative estimate of drug-likeness (QED) is 0.341. The predicted octanol–water partition coefficient (Wildman–Crippen LogP) is 4.43. The Morgan fingerprint density at radius 3 is 2.62 bits per heavy atom. The molecule has 0 spiro atoms. The zero-order chi connectivity index (χ0) is 22.5. The summed E-state index contributed by atoms with van der Waals surface area (Å²) >= 11 is 0. The summed E-state index contributed by atoms with van der Waals surface area (Å²) in [5.74, 6) is 3.21. The number of hydrogen-bond acceptors (Lipinski definition) is 7. The summed E-state index contributed by atoms with van der Waals surface area (Å²) in [7, 11) is 1.73. The monoisotopic (exact) mass is 443 g/mol. The second-order valence-corrected chi connectivity index (χ2v) is 10.2. The Labute approximate surface area is 192 Å². The van der Waals surface area contributed by atoms with Crippen LogP contribution in [0.2, 0.25) is 0 Å². The third-order valence-electron chi connectivity index (χ3n) is 7.21. The van der Waals surface area contributed by atoms with Gasteiger partial charge in [0, 0.05) is 25.6 Å². The number of ether oxygens (including phenoxy) is 1. The molecule has 32 heavy (non-hydrogen) atoms. The molecular weight excluding hydrogens is 402 g/mol. The van der Waals surface area contributed by atoms with E-state index in [1.54, 1.807) is 7.11 Å². The van der Waals surface area contributed by atoms with Gasteiger partial charge in [-0.05, 0) is 88.5 Å². The third kappa shape index (κ3) is 5.88. The van der Waals surface area contributed by atoms with Crippen molar-refractivity contribution in [2.75, 3.05) is 26.8 Å². The number of rotatable bonds is 14. The normalized spacial score (nSPS) is 23.1. The molecule has 2 fully saturated rings. The second-order valence-electron chi connectivity index (χ2n) is 10.2. The summed E-state index contributed by atoms with van der Waals surface area (Å²) in [5.41, 5.74) is 4.55. The molecule has 8 nitrogen and oxygen atoms in total. The summed E-state index contributed by atoms with van der Waals surface area (Å²) in [6, 6.07) is 0.826. The summed E-state index contributed by atoms with van der Waals surface area (Å²) in [6.45, 7) is 8.61. The van der Waals surface area contributed by atoms with Crippen molar-refractivity contribution in [1.29, 1.82) is 0 Å². The molecule has 178 valence electrons. The highest BCUT2D eigenvalue weighted by atomic mass is 16.5. The fourth-order valence-electron chi connectivity index (χ4n) is 5.21. The Morgan fingerprint density at radius 2 is 1.97 bits per heavy atom. The molecule has 1 N–H and O–H groups in total. The highest BCUT2D eigenvalue weighted by molar-refractivity contribution is 5.56. The highest BCUT2D eigenvalue weighted by Gasteiger charge is 2.45. The molecule has 0 radical (unpaired) electrons. The molecule has 1 aliphatic heterocycles. The molecule has 0 aromatic carbocycles. The lowest BCUT2D eigenvalue weighted by atomic mass is 9.78. The number of aromatic nitrogens is 2. The van der Waals surface area contributed by atoms with E-state index in [2.05, 4.69) is 69.9 Å². The molecular formula is C24H41N7O. The van der Waals surface area contributed by atoms with E-state index in [1.165, 1.54) is 31.2 Å². The molecule has 4 rings (SSSR count). The molecule has 0 saturated heterocycles. The van der Waals surface area contributed by atoms with Gasteiger partial charge in [-0.2, -0.15) is 15.3 Å². The maximum atomic E-state index is 5.24. The van der Waals surface area contributed by atoms with Gasteiger partial charge in [-0.25, -0.2) is 0 Å². The molecule has 3 unspecified atom stereocenters. The zero-order valence-corrected chi connectivity index (χ0v) is 20.2. The van der Waals surface area contributed by atoms with Crippen LogP contribution in [0.3, 0.4) is 0 Å². The van der Waals surface area contributed by atoms with Gasteiger partial charge in [0.15, 0.2) is 0 Å². The van der Waals surface area contributed by atoms with E-state index >= 15 is 0 Å². The van der Waals surface area contributed by atoms with Crippen LogP contribution in [-0.4, -0.2) is 59.9 Å². The summed E-state index contributed by atoms with van der Waals surface area (Å²) in [4.78, 5) is 0. The van der Waals surface area contributed by atoms with Gasteiger partial charge in [-0.1, -0.05) is 5.22 Å². The lowest BCUT2D eigenvalue weighted by Gasteiger charge is -2.28. The molecule has 2 saturated carbocycles. The van der Waals surface area contributed by atoms with Crippen molar-refractivity contribution in [2.45, 2.75) is 83.3 Å². The van der Waals surface area contributed by atoms with Crippen LogP contribution in [0.25, 0.3) is 0 Å². The molecule has 3 aliphatic rings. The average Bonchev–Trinajstić information content (AvgIpc) is 3.70.